The molecule has 148 valence electrons. The SMILES string of the molecule is Cc1cccc(NC(=O)CN2CCC[C@H]2C(=O)Nc2ccc(Cl)cc2Cl)c1C. The third-order valence-corrected chi connectivity index (χ3v) is 5.63. The molecule has 0 spiro atoms. The summed E-state index contributed by atoms with van der Waals surface area (Å²) in [4.78, 5) is 27.2. The number of benzene rings is 2. The number of likely N-dealkylation sites (tertiary alicyclic amines) is 1. The van der Waals surface area contributed by atoms with Gasteiger partial charge in [0, 0.05) is 10.7 Å². The standard InChI is InChI=1S/C21H23Cl2N3O2/c1-13-5-3-6-17(14(13)2)24-20(27)12-26-10-4-7-19(26)21(28)25-18-9-8-15(22)11-16(18)23/h3,5-6,8-9,11,19H,4,7,10,12H2,1-2H3,(H,24,27)(H,25,28)/t19-/m0/s1. The molecule has 0 unspecified atom stereocenters. The van der Waals surface area contributed by atoms with Crippen molar-refractivity contribution < 1.29 is 9.59 Å². The quantitative estimate of drug-likeness (QED) is 0.740. The number of carbonyl (C=O) groups is 2. The fourth-order valence-electron chi connectivity index (χ4n) is 3.38. The Hall–Kier alpha value is -2.08. The molecule has 3 rings (SSSR count). The number of rotatable bonds is 5. The van der Waals surface area contributed by atoms with Crippen LogP contribution in [0.1, 0.15) is 24.0 Å². The zero-order chi connectivity index (χ0) is 20.3. The normalized spacial score (nSPS) is 16.8. The van der Waals surface area contributed by atoms with Gasteiger partial charge >= 0.3 is 0 Å². The first-order valence-electron chi connectivity index (χ1n) is 9.21. The molecule has 2 amide bonds. The lowest BCUT2D eigenvalue weighted by Crippen LogP contribution is -2.43. The fraction of sp³-hybridized carbons (Fsp3) is 0.333. The van der Waals surface area contributed by atoms with E-state index in [9.17, 15) is 9.59 Å². The molecule has 5 nitrogen and oxygen atoms in total. The van der Waals surface area contributed by atoms with Crippen LogP contribution in [0, 0.1) is 13.8 Å². The number of nitrogens with zero attached hydrogens (tertiary/aromatic N) is 1. The molecule has 2 aromatic rings. The van der Waals surface area contributed by atoms with E-state index in [1.165, 1.54) is 0 Å². The Labute approximate surface area is 175 Å². The Morgan fingerprint density at radius 2 is 1.89 bits per heavy atom. The number of hydrogen-bond donors (Lipinski definition) is 2. The van der Waals surface area contributed by atoms with Gasteiger partial charge in [-0.3, -0.25) is 14.5 Å². The Kier molecular flexibility index (Phi) is 6.60. The number of halogens is 2. The van der Waals surface area contributed by atoms with E-state index in [0.717, 1.165) is 23.2 Å². The van der Waals surface area contributed by atoms with Crippen LogP contribution in [-0.2, 0) is 9.59 Å². The van der Waals surface area contributed by atoms with Gasteiger partial charge in [0.1, 0.15) is 0 Å². The minimum Gasteiger partial charge on any atom is -0.325 e. The summed E-state index contributed by atoms with van der Waals surface area (Å²) in [5.41, 5.74) is 3.49. The molecular formula is C21H23Cl2N3O2. The fourth-order valence-corrected chi connectivity index (χ4v) is 3.84. The molecule has 0 saturated carbocycles. The predicted molar refractivity (Wildman–Crippen MR) is 114 cm³/mol. The van der Waals surface area contributed by atoms with Gasteiger partial charge in [-0.15, -0.1) is 0 Å². The van der Waals surface area contributed by atoms with E-state index < -0.39 is 0 Å². The third kappa shape index (κ3) is 4.85. The van der Waals surface area contributed by atoms with Crippen molar-refractivity contribution in [1.82, 2.24) is 4.90 Å². The highest BCUT2D eigenvalue weighted by Gasteiger charge is 2.32. The highest BCUT2D eigenvalue weighted by atomic mass is 35.5. The Morgan fingerprint density at radius 1 is 1.11 bits per heavy atom. The lowest BCUT2D eigenvalue weighted by molar-refractivity contribution is -0.122. The summed E-state index contributed by atoms with van der Waals surface area (Å²) in [6, 6.07) is 10.4. The van der Waals surface area contributed by atoms with E-state index in [4.69, 9.17) is 23.2 Å². The van der Waals surface area contributed by atoms with Gasteiger partial charge in [0.15, 0.2) is 0 Å². The van der Waals surface area contributed by atoms with E-state index >= 15 is 0 Å². The number of carbonyl (C=O) groups excluding carboxylic acids is 2. The van der Waals surface area contributed by atoms with E-state index in [2.05, 4.69) is 10.6 Å². The van der Waals surface area contributed by atoms with Crippen LogP contribution in [0.15, 0.2) is 36.4 Å². The van der Waals surface area contributed by atoms with Crippen LogP contribution >= 0.6 is 23.2 Å². The van der Waals surface area contributed by atoms with Gasteiger partial charge in [-0.1, -0.05) is 35.3 Å². The zero-order valence-corrected chi connectivity index (χ0v) is 17.4. The monoisotopic (exact) mass is 419 g/mol. The molecule has 0 radical (unpaired) electrons. The maximum Gasteiger partial charge on any atom is 0.241 e. The van der Waals surface area contributed by atoms with Crippen LogP contribution < -0.4 is 10.6 Å². The average Bonchev–Trinajstić information content (AvgIpc) is 3.09. The van der Waals surface area contributed by atoms with Gasteiger partial charge < -0.3 is 10.6 Å². The molecule has 0 bridgehead atoms. The van der Waals surface area contributed by atoms with Crippen molar-refractivity contribution in [3.8, 4) is 0 Å². The van der Waals surface area contributed by atoms with Crippen molar-refractivity contribution in [2.24, 2.45) is 0 Å². The number of aryl methyl sites for hydroxylation is 1. The first kappa shape index (κ1) is 20.6. The first-order valence-corrected chi connectivity index (χ1v) is 9.97. The second-order valence-corrected chi connectivity index (χ2v) is 7.88. The van der Waals surface area contributed by atoms with E-state index in [1.54, 1.807) is 18.2 Å². The summed E-state index contributed by atoms with van der Waals surface area (Å²) in [6.07, 6.45) is 1.57. The summed E-state index contributed by atoms with van der Waals surface area (Å²) in [7, 11) is 0. The Bertz CT molecular complexity index is 901. The molecule has 1 aliphatic heterocycles. The van der Waals surface area contributed by atoms with Gasteiger partial charge in [0.25, 0.3) is 0 Å². The molecule has 1 heterocycles. The van der Waals surface area contributed by atoms with Gasteiger partial charge in [-0.25, -0.2) is 0 Å². The molecule has 1 aliphatic rings. The molecule has 7 heteroatoms. The summed E-state index contributed by atoms with van der Waals surface area (Å²) >= 11 is 12.0. The van der Waals surface area contributed by atoms with Crippen molar-refractivity contribution in [2.75, 3.05) is 23.7 Å². The largest absolute Gasteiger partial charge is 0.325 e. The lowest BCUT2D eigenvalue weighted by atomic mass is 10.1. The van der Waals surface area contributed by atoms with Gasteiger partial charge in [-0.05, 0) is 68.6 Å². The minimum atomic E-state index is -0.365. The zero-order valence-electron chi connectivity index (χ0n) is 15.9. The Balaban J connectivity index is 1.63. The van der Waals surface area contributed by atoms with Crippen LogP contribution in [0.2, 0.25) is 10.0 Å². The van der Waals surface area contributed by atoms with Crippen molar-refractivity contribution in [3.05, 3.63) is 57.6 Å². The smallest absolute Gasteiger partial charge is 0.241 e. The van der Waals surface area contributed by atoms with E-state index in [0.29, 0.717) is 28.7 Å². The maximum absolute atomic E-state index is 12.7. The minimum absolute atomic E-state index is 0.127. The molecule has 1 atom stereocenters. The number of anilines is 2. The summed E-state index contributed by atoms with van der Waals surface area (Å²) < 4.78 is 0. The predicted octanol–water partition coefficient (Wildman–Crippen LogP) is 4.65. The molecule has 0 aliphatic carbocycles. The summed E-state index contributed by atoms with van der Waals surface area (Å²) in [5.74, 6) is -0.292. The number of nitrogens with one attached hydrogen (secondary N) is 2. The lowest BCUT2D eigenvalue weighted by Gasteiger charge is -2.23. The second-order valence-electron chi connectivity index (χ2n) is 7.04. The summed E-state index contributed by atoms with van der Waals surface area (Å²) in [6.45, 7) is 4.85. The van der Waals surface area contributed by atoms with Crippen LogP contribution in [0.4, 0.5) is 11.4 Å². The highest BCUT2D eigenvalue weighted by Crippen LogP contribution is 2.27. The van der Waals surface area contributed by atoms with E-state index in [1.807, 2.05) is 36.9 Å². The number of amides is 2. The first-order chi connectivity index (χ1) is 13.3. The third-order valence-electron chi connectivity index (χ3n) is 5.08. The van der Waals surface area contributed by atoms with Crippen LogP contribution in [0.3, 0.4) is 0 Å². The molecule has 28 heavy (non-hydrogen) atoms. The van der Waals surface area contributed by atoms with Crippen molar-refractivity contribution in [3.63, 3.8) is 0 Å². The topological polar surface area (TPSA) is 61.4 Å². The Morgan fingerprint density at radius 3 is 2.64 bits per heavy atom. The molecule has 2 aromatic carbocycles. The highest BCUT2D eigenvalue weighted by molar-refractivity contribution is 6.36. The van der Waals surface area contributed by atoms with E-state index in [-0.39, 0.29) is 24.4 Å². The molecule has 0 aromatic heterocycles. The summed E-state index contributed by atoms with van der Waals surface area (Å²) in [5, 5.41) is 6.70. The van der Waals surface area contributed by atoms with Gasteiger partial charge in [-0.2, -0.15) is 0 Å². The van der Waals surface area contributed by atoms with Crippen LogP contribution in [0.5, 0.6) is 0 Å². The van der Waals surface area contributed by atoms with Gasteiger partial charge in [0.05, 0.1) is 23.3 Å². The van der Waals surface area contributed by atoms with Gasteiger partial charge in [0.2, 0.25) is 11.8 Å². The average molecular weight is 420 g/mol. The van der Waals surface area contributed by atoms with Crippen molar-refractivity contribution in [1.29, 1.82) is 0 Å². The molecule has 2 N–H and O–H groups in total. The van der Waals surface area contributed by atoms with Crippen LogP contribution in [0.25, 0.3) is 0 Å². The number of hydrogen-bond acceptors (Lipinski definition) is 3. The molecule has 1 fully saturated rings. The van der Waals surface area contributed by atoms with Crippen molar-refractivity contribution >= 4 is 46.4 Å². The van der Waals surface area contributed by atoms with Crippen LogP contribution in [-0.4, -0.2) is 35.8 Å². The molecule has 1 saturated heterocycles. The second kappa shape index (κ2) is 8.95. The van der Waals surface area contributed by atoms with Crippen molar-refractivity contribution in [2.45, 2.75) is 32.7 Å². The maximum atomic E-state index is 12.7. The molecular weight excluding hydrogens is 397 g/mol.